The fourth-order valence-corrected chi connectivity index (χ4v) is 3.93. The standard InChI is InChI=1S/C20H27F3N6S.HI/c1-2-24-19(27-13-18-28-16(14-30-18)20(21,22)23)26-12-15-7-8-17(25-11-15)29-9-5-3-4-6-10-29;/h7-8,11,14H,2-6,9-10,12-13H2,1H3,(H2,24,26,27);1H. The third kappa shape index (κ3) is 8.09. The Hall–Kier alpha value is -1.63. The molecule has 1 aliphatic rings. The van der Waals surface area contributed by atoms with Crippen molar-refractivity contribution >= 4 is 47.1 Å². The number of thiazole rings is 1. The van der Waals surface area contributed by atoms with Gasteiger partial charge in [-0.05, 0) is 31.4 Å². The maximum atomic E-state index is 12.7. The highest BCUT2D eigenvalue weighted by Gasteiger charge is 2.33. The van der Waals surface area contributed by atoms with Crippen LogP contribution in [0.5, 0.6) is 0 Å². The van der Waals surface area contributed by atoms with Crippen molar-refractivity contribution < 1.29 is 13.2 Å². The zero-order chi connectivity index (χ0) is 21.4. The van der Waals surface area contributed by atoms with E-state index in [-0.39, 0.29) is 30.5 Å². The van der Waals surface area contributed by atoms with Crippen LogP contribution in [0.3, 0.4) is 0 Å². The summed E-state index contributed by atoms with van der Waals surface area (Å²) in [6.45, 7) is 5.27. The molecule has 2 aromatic rings. The van der Waals surface area contributed by atoms with Gasteiger partial charge < -0.3 is 15.5 Å². The fourth-order valence-electron chi connectivity index (χ4n) is 3.19. The number of nitrogens with one attached hydrogen (secondary N) is 2. The highest BCUT2D eigenvalue weighted by atomic mass is 127. The molecule has 0 amide bonds. The van der Waals surface area contributed by atoms with E-state index < -0.39 is 11.9 Å². The first-order valence-corrected chi connectivity index (χ1v) is 11.1. The summed E-state index contributed by atoms with van der Waals surface area (Å²) in [5.74, 6) is 1.52. The lowest BCUT2D eigenvalue weighted by molar-refractivity contribution is -0.140. The number of hydrogen-bond donors (Lipinski definition) is 2. The first kappa shape index (κ1) is 25.6. The van der Waals surface area contributed by atoms with Gasteiger partial charge in [0, 0.05) is 31.2 Å². The van der Waals surface area contributed by atoms with E-state index in [1.54, 1.807) is 0 Å². The summed E-state index contributed by atoms with van der Waals surface area (Å²) >= 11 is 0.976. The predicted molar refractivity (Wildman–Crippen MR) is 129 cm³/mol. The molecule has 0 radical (unpaired) electrons. The number of guanidine groups is 1. The second-order valence-electron chi connectivity index (χ2n) is 7.10. The van der Waals surface area contributed by atoms with Gasteiger partial charge in [-0.1, -0.05) is 18.9 Å². The SMILES string of the molecule is CCNC(=NCc1ccc(N2CCCCCC2)nc1)NCc1nc(C(F)(F)F)cs1.I. The van der Waals surface area contributed by atoms with Crippen molar-refractivity contribution in [3.63, 3.8) is 0 Å². The Morgan fingerprint density at radius 1 is 1.16 bits per heavy atom. The molecule has 1 fully saturated rings. The summed E-state index contributed by atoms with van der Waals surface area (Å²) in [4.78, 5) is 15.0. The molecule has 0 aliphatic carbocycles. The number of anilines is 1. The molecular weight excluding hydrogens is 540 g/mol. The molecule has 0 bridgehead atoms. The summed E-state index contributed by atoms with van der Waals surface area (Å²) in [6.07, 6.45) is 2.39. The Labute approximate surface area is 201 Å². The lowest BCUT2D eigenvalue weighted by Crippen LogP contribution is -2.36. The van der Waals surface area contributed by atoms with Crippen LogP contribution >= 0.6 is 35.3 Å². The Balaban J connectivity index is 0.00000341. The topological polar surface area (TPSA) is 65.4 Å². The molecule has 0 spiro atoms. The van der Waals surface area contributed by atoms with Crippen LogP contribution in [0, 0.1) is 0 Å². The minimum absolute atomic E-state index is 0. The molecular formula is C20H28F3IN6S. The number of pyridine rings is 1. The van der Waals surface area contributed by atoms with E-state index in [0.29, 0.717) is 24.1 Å². The Morgan fingerprint density at radius 2 is 1.90 bits per heavy atom. The number of aliphatic imine (C=N–C) groups is 1. The number of aromatic nitrogens is 2. The monoisotopic (exact) mass is 568 g/mol. The predicted octanol–water partition coefficient (Wildman–Crippen LogP) is 4.81. The normalized spacial score (nSPS) is 15.2. The highest BCUT2D eigenvalue weighted by molar-refractivity contribution is 14.0. The van der Waals surface area contributed by atoms with Gasteiger partial charge in [0.05, 0.1) is 13.1 Å². The lowest BCUT2D eigenvalue weighted by atomic mass is 10.2. The summed E-state index contributed by atoms with van der Waals surface area (Å²) in [7, 11) is 0. The Kier molecular flexibility index (Phi) is 10.3. The molecule has 1 saturated heterocycles. The Bertz CT molecular complexity index is 817. The molecule has 2 N–H and O–H groups in total. The van der Waals surface area contributed by atoms with Crippen molar-refractivity contribution in [1.82, 2.24) is 20.6 Å². The molecule has 172 valence electrons. The molecule has 0 saturated carbocycles. The smallest absolute Gasteiger partial charge is 0.357 e. The third-order valence-electron chi connectivity index (χ3n) is 4.75. The summed E-state index contributed by atoms with van der Waals surface area (Å²) < 4.78 is 38.0. The molecule has 0 atom stereocenters. The lowest BCUT2D eigenvalue weighted by Gasteiger charge is -2.21. The second kappa shape index (κ2) is 12.4. The van der Waals surface area contributed by atoms with E-state index in [0.717, 1.165) is 41.2 Å². The van der Waals surface area contributed by atoms with E-state index in [9.17, 15) is 13.2 Å². The Morgan fingerprint density at radius 3 is 2.48 bits per heavy atom. The molecule has 0 aromatic carbocycles. The molecule has 1 aliphatic heterocycles. The van der Waals surface area contributed by atoms with Gasteiger partial charge >= 0.3 is 6.18 Å². The largest absolute Gasteiger partial charge is 0.434 e. The number of halogens is 4. The van der Waals surface area contributed by atoms with Gasteiger partial charge in [0.1, 0.15) is 10.8 Å². The van der Waals surface area contributed by atoms with E-state index in [1.807, 2.05) is 25.3 Å². The molecule has 6 nitrogen and oxygen atoms in total. The van der Waals surface area contributed by atoms with Crippen molar-refractivity contribution in [2.75, 3.05) is 24.5 Å². The van der Waals surface area contributed by atoms with Gasteiger partial charge in [-0.3, -0.25) is 0 Å². The van der Waals surface area contributed by atoms with Crippen LogP contribution in [0.2, 0.25) is 0 Å². The zero-order valence-electron chi connectivity index (χ0n) is 17.4. The van der Waals surface area contributed by atoms with Crippen molar-refractivity contribution in [2.24, 2.45) is 4.99 Å². The van der Waals surface area contributed by atoms with Crippen LogP contribution in [-0.4, -0.2) is 35.6 Å². The van der Waals surface area contributed by atoms with Crippen LogP contribution in [0.15, 0.2) is 28.7 Å². The van der Waals surface area contributed by atoms with Crippen molar-refractivity contribution in [2.45, 2.75) is 51.9 Å². The van der Waals surface area contributed by atoms with Gasteiger partial charge in [-0.15, -0.1) is 35.3 Å². The molecule has 11 heteroatoms. The van der Waals surface area contributed by atoms with E-state index >= 15 is 0 Å². The molecule has 2 aromatic heterocycles. The number of alkyl halides is 3. The maximum Gasteiger partial charge on any atom is 0.434 e. The van der Waals surface area contributed by atoms with Gasteiger partial charge in [0.15, 0.2) is 11.7 Å². The summed E-state index contributed by atoms with van der Waals surface area (Å²) in [5.41, 5.74) is 0.112. The highest BCUT2D eigenvalue weighted by Crippen LogP contribution is 2.29. The van der Waals surface area contributed by atoms with Crippen LogP contribution in [0.25, 0.3) is 0 Å². The van der Waals surface area contributed by atoms with Gasteiger partial charge in [0.2, 0.25) is 0 Å². The van der Waals surface area contributed by atoms with Crippen LogP contribution in [0.1, 0.15) is 48.9 Å². The van der Waals surface area contributed by atoms with Crippen molar-refractivity contribution in [1.29, 1.82) is 0 Å². The van der Waals surface area contributed by atoms with Crippen molar-refractivity contribution in [3.05, 3.63) is 40.0 Å². The molecule has 3 heterocycles. The number of hydrogen-bond acceptors (Lipinski definition) is 5. The molecule has 31 heavy (non-hydrogen) atoms. The minimum Gasteiger partial charge on any atom is -0.357 e. The summed E-state index contributed by atoms with van der Waals surface area (Å²) in [5, 5.41) is 7.51. The van der Waals surface area contributed by atoms with Gasteiger partial charge in [0.25, 0.3) is 0 Å². The molecule has 0 unspecified atom stereocenters. The first-order chi connectivity index (χ1) is 14.5. The van der Waals surface area contributed by atoms with Gasteiger partial charge in [-0.25, -0.2) is 15.0 Å². The second-order valence-corrected chi connectivity index (χ2v) is 8.04. The average molecular weight is 568 g/mol. The molecule has 3 rings (SSSR count). The zero-order valence-corrected chi connectivity index (χ0v) is 20.6. The van der Waals surface area contributed by atoms with E-state index in [4.69, 9.17) is 0 Å². The average Bonchev–Trinajstić information content (AvgIpc) is 3.05. The minimum atomic E-state index is -4.42. The summed E-state index contributed by atoms with van der Waals surface area (Å²) in [6, 6.07) is 4.06. The first-order valence-electron chi connectivity index (χ1n) is 10.2. The number of nitrogens with zero attached hydrogens (tertiary/aromatic N) is 4. The van der Waals surface area contributed by atoms with Crippen LogP contribution in [-0.2, 0) is 19.3 Å². The maximum absolute atomic E-state index is 12.7. The van der Waals surface area contributed by atoms with Gasteiger partial charge in [-0.2, -0.15) is 13.2 Å². The quantitative estimate of drug-likeness (QED) is 0.298. The van der Waals surface area contributed by atoms with Crippen molar-refractivity contribution in [3.8, 4) is 0 Å². The third-order valence-corrected chi connectivity index (χ3v) is 5.60. The van der Waals surface area contributed by atoms with Crippen LogP contribution in [0.4, 0.5) is 19.0 Å². The fraction of sp³-hybridized carbons (Fsp3) is 0.550. The number of rotatable bonds is 6. The van der Waals surface area contributed by atoms with Crippen LogP contribution < -0.4 is 15.5 Å². The van der Waals surface area contributed by atoms with E-state index in [2.05, 4.69) is 30.5 Å². The van der Waals surface area contributed by atoms with E-state index in [1.165, 1.54) is 25.7 Å².